The Morgan fingerprint density at radius 3 is 2.65 bits per heavy atom. The van der Waals surface area contributed by atoms with Gasteiger partial charge in [-0.25, -0.2) is 0 Å². The van der Waals surface area contributed by atoms with Crippen LogP contribution in [0.25, 0.3) is 11.0 Å². The lowest BCUT2D eigenvalue weighted by Crippen LogP contribution is -2.34. The Kier molecular flexibility index (Phi) is 5.77. The summed E-state index contributed by atoms with van der Waals surface area (Å²) in [6.45, 7) is 8.31. The summed E-state index contributed by atoms with van der Waals surface area (Å²) in [4.78, 5) is 2.65. The van der Waals surface area contributed by atoms with Crippen LogP contribution in [0.4, 0.5) is 0 Å². The van der Waals surface area contributed by atoms with Crippen molar-refractivity contribution in [1.82, 2.24) is 4.90 Å². The molecule has 2 aromatic rings. The Morgan fingerprint density at radius 2 is 1.91 bits per heavy atom. The third kappa shape index (κ3) is 4.17. The summed E-state index contributed by atoms with van der Waals surface area (Å²) in [6.07, 6.45) is 9.29. The van der Waals surface area contributed by atoms with Gasteiger partial charge in [0.1, 0.15) is 11.3 Å². The van der Waals surface area contributed by atoms with E-state index < -0.39 is 0 Å². The van der Waals surface area contributed by atoms with Crippen molar-refractivity contribution in [3.8, 4) is 0 Å². The highest BCUT2D eigenvalue weighted by molar-refractivity contribution is 5.81. The molecule has 1 aromatic carbocycles. The molecule has 2 heteroatoms. The summed E-state index contributed by atoms with van der Waals surface area (Å²) < 4.78 is 6.03. The van der Waals surface area contributed by atoms with E-state index in [1.165, 1.54) is 74.9 Å². The average Bonchev–Trinajstić information content (AvgIpc) is 2.91. The van der Waals surface area contributed by atoms with E-state index in [4.69, 9.17) is 4.42 Å². The average molecular weight is 313 g/mol. The molecule has 23 heavy (non-hydrogen) atoms. The quantitative estimate of drug-likeness (QED) is 0.664. The molecule has 0 N–H and O–H groups in total. The maximum absolute atomic E-state index is 6.03. The highest BCUT2D eigenvalue weighted by Crippen LogP contribution is 2.26. The Morgan fingerprint density at radius 1 is 1.13 bits per heavy atom. The maximum Gasteiger partial charge on any atom is 0.134 e. The molecule has 2 heterocycles. The number of hydrogen-bond donors (Lipinski definition) is 0. The second kappa shape index (κ2) is 8.01. The van der Waals surface area contributed by atoms with Crippen LogP contribution in [0.3, 0.4) is 0 Å². The Balaban J connectivity index is 1.44. The molecule has 0 amide bonds. The predicted molar refractivity (Wildman–Crippen MR) is 98.0 cm³/mol. The van der Waals surface area contributed by atoms with Crippen LogP contribution in [0.1, 0.15) is 56.8 Å². The first-order valence-electron chi connectivity index (χ1n) is 9.47. The van der Waals surface area contributed by atoms with Crippen molar-refractivity contribution in [3.05, 3.63) is 35.6 Å². The molecule has 0 bridgehead atoms. The minimum atomic E-state index is 0.990. The number of aryl methyl sites for hydroxylation is 2. The largest absolute Gasteiger partial charge is 0.461 e. The van der Waals surface area contributed by atoms with Crippen molar-refractivity contribution >= 4 is 11.0 Å². The van der Waals surface area contributed by atoms with Crippen LogP contribution in [-0.2, 0) is 6.42 Å². The molecule has 1 aromatic heterocycles. The first-order valence-corrected chi connectivity index (χ1v) is 9.47. The van der Waals surface area contributed by atoms with Gasteiger partial charge in [-0.3, -0.25) is 0 Å². The first kappa shape index (κ1) is 16.6. The molecule has 1 aliphatic heterocycles. The molecule has 0 saturated carbocycles. The fraction of sp³-hybridized carbons (Fsp3) is 0.619. The lowest BCUT2D eigenvalue weighted by molar-refractivity contribution is 0.175. The maximum atomic E-state index is 6.03. The minimum absolute atomic E-state index is 0.990. The number of unbranched alkanes of at least 4 members (excludes halogenated alkanes) is 1. The SMILES string of the molecule is CCCCC1CCN(CCCc2oc3ccccc3c2C)CC1. The van der Waals surface area contributed by atoms with Gasteiger partial charge in [-0.05, 0) is 63.4 Å². The van der Waals surface area contributed by atoms with Gasteiger partial charge in [0.2, 0.25) is 0 Å². The number of rotatable bonds is 7. The first-order chi connectivity index (χ1) is 11.3. The van der Waals surface area contributed by atoms with Crippen LogP contribution in [0.15, 0.2) is 28.7 Å². The van der Waals surface area contributed by atoms with Crippen LogP contribution in [0.2, 0.25) is 0 Å². The van der Waals surface area contributed by atoms with Crippen LogP contribution >= 0.6 is 0 Å². The van der Waals surface area contributed by atoms with Gasteiger partial charge < -0.3 is 9.32 Å². The summed E-state index contributed by atoms with van der Waals surface area (Å²) in [5.74, 6) is 2.17. The van der Waals surface area contributed by atoms with E-state index in [0.717, 1.165) is 17.9 Å². The van der Waals surface area contributed by atoms with Crippen LogP contribution in [-0.4, -0.2) is 24.5 Å². The number of fused-ring (bicyclic) bond motifs is 1. The van der Waals surface area contributed by atoms with Gasteiger partial charge in [-0.1, -0.05) is 44.4 Å². The standard InChI is InChI=1S/C21H31NO/c1-3-4-8-18-12-15-22(16-13-18)14-7-11-20-17(2)19-9-5-6-10-21(19)23-20/h5-6,9-10,18H,3-4,7-8,11-16H2,1-2H3. The molecule has 0 atom stereocenters. The van der Waals surface area contributed by atoms with E-state index in [2.05, 4.69) is 43.0 Å². The summed E-state index contributed by atoms with van der Waals surface area (Å²) in [7, 11) is 0. The fourth-order valence-corrected chi connectivity index (χ4v) is 3.92. The Bertz CT molecular complexity index is 607. The summed E-state index contributed by atoms with van der Waals surface area (Å²) >= 11 is 0. The van der Waals surface area contributed by atoms with Gasteiger partial charge in [0.05, 0.1) is 0 Å². The van der Waals surface area contributed by atoms with E-state index in [9.17, 15) is 0 Å². The molecule has 1 saturated heterocycles. The van der Waals surface area contributed by atoms with Gasteiger partial charge >= 0.3 is 0 Å². The van der Waals surface area contributed by atoms with Crippen LogP contribution < -0.4 is 0 Å². The molecule has 0 unspecified atom stereocenters. The number of hydrogen-bond acceptors (Lipinski definition) is 2. The third-order valence-electron chi connectivity index (χ3n) is 5.49. The van der Waals surface area contributed by atoms with Gasteiger partial charge in [0.15, 0.2) is 0 Å². The van der Waals surface area contributed by atoms with E-state index >= 15 is 0 Å². The van der Waals surface area contributed by atoms with Crippen molar-refractivity contribution in [2.75, 3.05) is 19.6 Å². The van der Waals surface area contributed by atoms with Gasteiger partial charge in [0, 0.05) is 11.8 Å². The minimum Gasteiger partial charge on any atom is -0.461 e. The zero-order chi connectivity index (χ0) is 16.1. The summed E-state index contributed by atoms with van der Waals surface area (Å²) in [5, 5.41) is 1.28. The van der Waals surface area contributed by atoms with Crippen molar-refractivity contribution in [3.63, 3.8) is 0 Å². The normalized spacial score (nSPS) is 17.1. The molecule has 1 aliphatic rings. The zero-order valence-corrected chi connectivity index (χ0v) is 14.8. The molecule has 3 rings (SSSR count). The molecular weight excluding hydrogens is 282 g/mol. The fourth-order valence-electron chi connectivity index (χ4n) is 3.92. The molecule has 0 aliphatic carbocycles. The number of benzene rings is 1. The van der Waals surface area contributed by atoms with Crippen molar-refractivity contribution in [2.45, 2.75) is 58.8 Å². The second-order valence-electron chi connectivity index (χ2n) is 7.18. The third-order valence-corrected chi connectivity index (χ3v) is 5.49. The Labute approximate surface area is 140 Å². The van der Waals surface area contributed by atoms with Gasteiger partial charge in [-0.15, -0.1) is 0 Å². The highest BCUT2D eigenvalue weighted by atomic mass is 16.3. The van der Waals surface area contributed by atoms with E-state index in [1.807, 2.05) is 0 Å². The van der Waals surface area contributed by atoms with Crippen molar-refractivity contribution in [2.24, 2.45) is 5.92 Å². The van der Waals surface area contributed by atoms with Gasteiger partial charge in [-0.2, -0.15) is 0 Å². The Hall–Kier alpha value is -1.28. The number of piperidine rings is 1. The van der Waals surface area contributed by atoms with E-state index in [-0.39, 0.29) is 0 Å². The van der Waals surface area contributed by atoms with Crippen molar-refractivity contribution in [1.29, 1.82) is 0 Å². The molecule has 2 nitrogen and oxygen atoms in total. The zero-order valence-electron chi connectivity index (χ0n) is 14.8. The topological polar surface area (TPSA) is 16.4 Å². The van der Waals surface area contributed by atoms with E-state index in [1.54, 1.807) is 0 Å². The predicted octanol–water partition coefficient (Wildman–Crippen LogP) is 5.58. The lowest BCUT2D eigenvalue weighted by Gasteiger charge is -2.31. The molecule has 126 valence electrons. The molecular formula is C21H31NO. The lowest BCUT2D eigenvalue weighted by atomic mass is 9.91. The molecule has 1 fully saturated rings. The van der Waals surface area contributed by atoms with Crippen LogP contribution in [0.5, 0.6) is 0 Å². The molecule has 0 spiro atoms. The second-order valence-corrected chi connectivity index (χ2v) is 7.18. The van der Waals surface area contributed by atoms with Crippen LogP contribution in [0, 0.1) is 12.8 Å². The number of likely N-dealkylation sites (tertiary alicyclic amines) is 1. The smallest absolute Gasteiger partial charge is 0.134 e. The van der Waals surface area contributed by atoms with Gasteiger partial charge in [0.25, 0.3) is 0 Å². The summed E-state index contributed by atoms with van der Waals surface area (Å²) in [5.41, 5.74) is 2.37. The molecule has 0 radical (unpaired) electrons. The number of para-hydroxylation sites is 1. The van der Waals surface area contributed by atoms with E-state index in [0.29, 0.717) is 0 Å². The highest BCUT2D eigenvalue weighted by Gasteiger charge is 2.18. The summed E-state index contributed by atoms with van der Waals surface area (Å²) in [6, 6.07) is 8.39. The number of furan rings is 1. The monoisotopic (exact) mass is 313 g/mol. The number of nitrogens with zero attached hydrogens (tertiary/aromatic N) is 1. The van der Waals surface area contributed by atoms with Crippen molar-refractivity contribution < 1.29 is 4.42 Å².